The van der Waals surface area contributed by atoms with Crippen molar-refractivity contribution >= 4 is 17.4 Å². The molecule has 1 amide bonds. The van der Waals surface area contributed by atoms with Crippen LogP contribution in [0.1, 0.15) is 74.8 Å². The number of para-hydroxylation sites is 1. The smallest absolute Gasteiger partial charge is 0.270 e. The fourth-order valence-electron chi connectivity index (χ4n) is 3.64. The van der Waals surface area contributed by atoms with Crippen LogP contribution in [0.2, 0.25) is 0 Å². The molecule has 2 N–H and O–H groups in total. The SMILES string of the molecule is Cc1nc(Nc2ccccc2C(C)(C)C)cc(C(=O)NC2CCCCC2)n1. The van der Waals surface area contributed by atoms with Gasteiger partial charge in [0.25, 0.3) is 5.91 Å². The molecule has 1 aromatic carbocycles. The zero-order chi connectivity index (χ0) is 19.4. The number of benzene rings is 1. The van der Waals surface area contributed by atoms with Crippen molar-refractivity contribution in [3.8, 4) is 0 Å². The van der Waals surface area contributed by atoms with Crippen molar-refractivity contribution in [1.82, 2.24) is 15.3 Å². The molecule has 5 heteroatoms. The minimum absolute atomic E-state index is 0.00680. The normalized spacial score (nSPS) is 15.4. The fourth-order valence-corrected chi connectivity index (χ4v) is 3.64. The van der Waals surface area contributed by atoms with Crippen LogP contribution in [-0.2, 0) is 5.41 Å². The summed E-state index contributed by atoms with van der Waals surface area (Å²) in [6, 6.07) is 10.2. The Bertz CT molecular complexity index is 804. The number of rotatable bonds is 4. The van der Waals surface area contributed by atoms with Gasteiger partial charge in [-0.2, -0.15) is 0 Å². The second kappa shape index (κ2) is 8.07. The largest absolute Gasteiger partial charge is 0.348 e. The summed E-state index contributed by atoms with van der Waals surface area (Å²) in [6.07, 6.45) is 5.74. The molecule has 0 unspecified atom stereocenters. The zero-order valence-electron chi connectivity index (χ0n) is 16.8. The highest BCUT2D eigenvalue weighted by Gasteiger charge is 2.20. The van der Waals surface area contributed by atoms with Crippen LogP contribution < -0.4 is 10.6 Å². The van der Waals surface area contributed by atoms with E-state index in [9.17, 15) is 4.79 Å². The second-order valence-corrected chi connectivity index (χ2v) is 8.41. The number of amides is 1. The minimum Gasteiger partial charge on any atom is -0.348 e. The highest BCUT2D eigenvalue weighted by atomic mass is 16.1. The van der Waals surface area contributed by atoms with Gasteiger partial charge in [-0.25, -0.2) is 9.97 Å². The van der Waals surface area contributed by atoms with Gasteiger partial charge in [-0.05, 0) is 36.8 Å². The first-order chi connectivity index (χ1) is 12.8. The molecule has 0 radical (unpaired) electrons. The first-order valence-corrected chi connectivity index (χ1v) is 9.86. The third-order valence-electron chi connectivity index (χ3n) is 5.01. The molecular weight excluding hydrogens is 336 g/mol. The Morgan fingerprint density at radius 1 is 1.07 bits per heavy atom. The van der Waals surface area contributed by atoms with E-state index < -0.39 is 0 Å². The van der Waals surface area contributed by atoms with Gasteiger partial charge in [0.2, 0.25) is 0 Å². The molecule has 5 nitrogen and oxygen atoms in total. The van der Waals surface area contributed by atoms with Crippen molar-refractivity contribution in [3.63, 3.8) is 0 Å². The molecule has 0 atom stereocenters. The summed E-state index contributed by atoms with van der Waals surface area (Å²) >= 11 is 0. The number of aryl methyl sites for hydroxylation is 1. The van der Waals surface area contributed by atoms with Gasteiger partial charge >= 0.3 is 0 Å². The van der Waals surface area contributed by atoms with Gasteiger partial charge in [0, 0.05) is 17.8 Å². The van der Waals surface area contributed by atoms with Crippen LogP contribution in [0.4, 0.5) is 11.5 Å². The molecule has 144 valence electrons. The summed E-state index contributed by atoms with van der Waals surface area (Å²) in [6.45, 7) is 8.36. The Kier molecular flexibility index (Phi) is 5.78. The Hall–Kier alpha value is -2.43. The standard InChI is InChI=1S/C22H30N4O/c1-15-23-19(21(27)25-16-10-6-5-7-11-16)14-20(24-15)26-18-13-9-8-12-17(18)22(2,3)4/h8-9,12-14,16H,5-7,10-11H2,1-4H3,(H,25,27)(H,23,24,26). The number of hydrogen-bond acceptors (Lipinski definition) is 4. The Labute approximate surface area is 162 Å². The van der Waals surface area contributed by atoms with Crippen LogP contribution in [-0.4, -0.2) is 21.9 Å². The summed E-state index contributed by atoms with van der Waals surface area (Å²) in [4.78, 5) is 21.5. The molecule has 1 aliphatic rings. The lowest BCUT2D eigenvalue weighted by molar-refractivity contribution is 0.0922. The summed E-state index contributed by atoms with van der Waals surface area (Å²) in [7, 11) is 0. The molecule has 0 bridgehead atoms. The summed E-state index contributed by atoms with van der Waals surface area (Å²) < 4.78 is 0. The molecule has 1 aromatic heterocycles. The third kappa shape index (κ3) is 5.06. The quantitative estimate of drug-likeness (QED) is 0.808. The zero-order valence-corrected chi connectivity index (χ0v) is 16.8. The van der Waals surface area contributed by atoms with E-state index >= 15 is 0 Å². The number of nitrogens with one attached hydrogen (secondary N) is 2. The van der Waals surface area contributed by atoms with Crippen molar-refractivity contribution in [3.05, 3.63) is 47.4 Å². The number of aromatic nitrogens is 2. The molecule has 0 aliphatic heterocycles. The number of hydrogen-bond donors (Lipinski definition) is 2. The van der Waals surface area contributed by atoms with Crippen LogP contribution in [0, 0.1) is 6.92 Å². The Balaban J connectivity index is 1.81. The first kappa shape index (κ1) is 19.3. The van der Waals surface area contributed by atoms with E-state index in [1.807, 2.05) is 25.1 Å². The summed E-state index contributed by atoms with van der Waals surface area (Å²) in [5, 5.41) is 6.52. The van der Waals surface area contributed by atoms with Gasteiger partial charge in [-0.3, -0.25) is 4.79 Å². The lowest BCUT2D eigenvalue weighted by atomic mass is 9.86. The minimum atomic E-state index is -0.112. The Morgan fingerprint density at radius 2 is 1.78 bits per heavy atom. The number of anilines is 2. The van der Waals surface area contributed by atoms with Crippen LogP contribution in [0.3, 0.4) is 0 Å². The maximum absolute atomic E-state index is 12.7. The summed E-state index contributed by atoms with van der Waals surface area (Å²) in [5.74, 6) is 1.12. The maximum Gasteiger partial charge on any atom is 0.270 e. The van der Waals surface area contributed by atoms with Gasteiger partial charge < -0.3 is 10.6 Å². The number of carbonyl (C=O) groups is 1. The molecule has 3 rings (SSSR count). The highest BCUT2D eigenvalue weighted by molar-refractivity contribution is 5.93. The molecule has 1 heterocycles. The van der Waals surface area contributed by atoms with Gasteiger partial charge in [0.15, 0.2) is 0 Å². The van der Waals surface area contributed by atoms with Crippen molar-refractivity contribution in [2.24, 2.45) is 0 Å². The first-order valence-electron chi connectivity index (χ1n) is 9.86. The molecule has 1 fully saturated rings. The van der Waals surface area contributed by atoms with Crippen LogP contribution in [0.15, 0.2) is 30.3 Å². The van der Waals surface area contributed by atoms with Crippen LogP contribution in [0.25, 0.3) is 0 Å². The topological polar surface area (TPSA) is 66.9 Å². The predicted molar refractivity (Wildman–Crippen MR) is 110 cm³/mol. The molecule has 2 aromatic rings. The molecule has 27 heavy (non-hydrogen) atoms. The fraction of sp³-hybridized carbons (Fsp3) is 0.500. The predicted octanol–water partition coefficient (Wildman–Crippen LogP) is 4.89. The van der Waals surface area contributed by atoms with Crippen molar-refractivity contribution < 1.29 is 4.79 Å². The van der Waals surface area contributed by atoms with Crippen molar-refractivity contribution in [2.45, 2.75) is 71.3 Å². The van der Waals surface area contributed by atoms with Crippen molar-refractivity contribution in [2.75, 3.05) is 5.32 Å². The highest BCUT2D eigenvalue weighted by Crippen LogP contribution is 2.31. The lowest BCUT2D eigenvalue weighted by Gasteiger charge is -2.24. The van der Waals surface area contributed by atoms with Gasteiger partial charge in [0.1, 0.15) is 17.3 Å². The second-order valence-electron chi connectivity index (χ2n) is 8.41. The lowest BCUT2D eigenvalue weighted by Crippen LogP contribution is -2.36. The average molecular weight is 367 g/mol. The molecule has 0 saturated heterocycles. The van der Waals surface area contributed by atoms with Gasteiger partial charge in [0.05, 0.1) is 0 Å². The molecule has 0 spiro atoms. The van der Waals surface area contributed by atoms with Crippen LogP contribution in [0.5, 0.6) is 0 Å². The van der Waals surface area contributed by atoms with E-state index in [1.165, 1.54) is 24.8 Å². The van der Waals surface area contributed by atoms with Crippen LogP contribution >= 0.6 is 0 Å². The van der Waals surface area contributed by atoms with E-state index in [1.54, 1.807) is 6.07 Å². The van der Waals surface area contributed by atoms with E-state index in [4.69, 9.17) is 0 Å². The summed E-state index contributed by atoms with van der Waals surface area (Å²) in [5.41, 5.74) is 2.63. The van der Waals surface area contributed by atoms with E-state index in [-0.39, 0.29) is 17.4 Å². The number of nitrogens with zero attached hydrogens (tertiary/aromatic N) is 2. The van der Waals surface area contributed by atoms with E-state index in [2.05, 4.69) is 47.4 Å². The number of carbonyl (C=O) groups excluding carboxylic acids is 1. The van der Waals surface area contributed by atoms with E-state index in [0.29, 0.717) is 17.3 Å². The molecule has 1 aliphatic carbocycles. The van der Waals surface area contributed by atoms with Gasteiger partial charge in [-0.15, -0.1) is 0 Å². The average Bonchev–Trinajstić information content (AvgIpc) is 2.61. The van der Waals surface area contributed by atoms with E-state index in [0.717, 1.165) is 18.5 Å². The molecular formula is C22H30N4O. The maximum atomic E-state index is 12.7. The van der Waals surface area contributed by atoms with Gasteiger partial charge in [-0.1, -0.05) is 58.2 Å². The monoisotopic (exact) mass is 366 g/mol. The van der Waals surface area contributed by atoms with Crippen molar-refractivity contribution in [1.29, 1.82) is 0 Å². The third-order valence-corrected chi connectivity index (χ3v) is 5.01. The molecule has 1 saturated carbocycles. The Morgan fingerprint density at radius 3 is 2.48 bits per heavy atom.